The van der Waals surface area contributed by atoms with Gasteiger partial charge in [-0.3, -0.25) is 9.63 Å². The summed E-state index contributed by atoms with van der Waals surface area (Å²) in [6, 6.07) is 6.80. The Morgan fingerprint density at radius 1 is 1.26 bits per heavy atom. The molecular weight excluding hydrogens is 311 g/mol. The predicted octanol–water partition coefficient (Wildman–Crippen LogP) is 3.83. The van der Waals surface area contributed by atoms with Crippen molar-refractivity contribution in [3.63, 3.8) is 0 Å². The van der Waals surface area contributed by atoms with Gasteiger partial charge in [0.15, 0.2) is 0 Å². The van der Waals surface area contributed by atoms with Gasteiger partial charge in [-0.15, -0.1) is 0 Å². The van der Waals surface area contributed by atoms with Crippen molar-refractivity contribution < 1.29 is 27.5 Å². The molecule has 1 rings (SSSR count). The molecule has 1 amide bonds. The number of rotatable bonds is 7. The van der Waals surface area contributed by atoms with Crippen LogP contribution in [0.2, 0.25) is 0 Å². The largest absolute Gasteiger partial charge is 0.494 e. The molecule has 0 aromatic heterocycles. The maximum absolute atomic E-state index is 12.0. The molecule has 0 heterocycles. The highest BCUT2D eigenvalue weighted by molar-refractivity contribution is 5.94. The number of carbonyl (C=O) groups excluding carboxylic acids is 1. The van der Waals surface area contributed by atoms with E-state index >= 15 is 0 Å². The first kappa shape index (κ1) is 19.0. The lowest BCUT2D eigenvalue weighted by molar-refractivity contribution is -0.162. The van der Waals surface area contributed by atoms with E-state index in [2.05, 4.69) is 0 Å². The summed E-state index contributed by atoms with van der Waals surface area (Å²) in [6.45, 7) is 1.78. The van der Waals surface area contributed by atoms with Gasteiger partial charge in [0.2, 0.25) is 0 Å². The molecule has 0 bridgehead atoms. The van der Waals surface area contributed by atoms with Crippen LogP contribution in [0.4, 0.5) is 13.2 Å². The summed E-state index contributed by atoms with van der Waals surface area (Å²) in [6.07, 6.45) is -3.66. The van der Waals surface area contributed by atoms with Crippen molar-refractivity contribution in [2.75, 3.05) is 20.8 Å². The van der Waals surface area contributed by atoms with Crippen LogP contribution in [-0.4, -0.2) is 37.9 Å². The predicted molar refractivity (Wildman–Crippen MR) is 80.7 cm³/mol. The van der Waals surface area contributed by atoms with Gasteiger partial charge in [-0.05, 0) is 36.6 Å². The molecular formula is C16H20F3NO3. The lowest BCUT2D eigenvalue weighted by Crippen LogP contribution is -2.23. The van der Waals surface area contributed by atoms with Crippen LogP contribution < -0.4 is 4.74 Å². The normalized spacial score (nSPS) is 12.2. The van der Waals surface area contributed by atoms with E-state index in [4.69, 9.17) is 9.57 Å². The molecule has 0 aliphatic carbocycles. The monoisotopic (exact) mass is 331 g/mol. The summed E-state index contributed by atoms with van der Waals surface area (Å²) >= 11 is 0. The third-order valence-electron chi connectivity index (χ3n) is 3.11. The third kappa shape index (κ3) is 7.19. The van der Waals surface area contributed by atoms with Gasteiger partial charge in [0.25, 0.3) is 5.91 Å². The van der Waals surface area contributed by atoms with Crippen LogP contribution in [0.1, 0.15) is 25.3 Å². The number of ether oxygens (including phenoxy) is 1. The number of carbonyl (C=O) groups is 1. The third-order valence-corrected chi connectivity index (χ3v) is 3.11. The molecule has 1 aromatic rings. The van der Waals surface area contributed by atoms with Crippen LogP contribution >= 0.6 is 0 Å². The Balaban J connectivity index is 2.56. The summed E-state index contributed by atoms with van der Waals surface area (Å²) in [5, 5.41) is 1.10. The number of alkyl halides is 3. The van der Waals surface area contributed by atoms with Gasteiger partial charge >= 0.3 is 6.18 Å². The Morgan fingerprint density at radius 2 is 1.87 bits per heavy atom. The van der Waals surface area contributed by atoms with Gasteiger partial charge in [-0.1, -0.05) is 12.1 Å². The second kappa shape index (κ2) is 8.57. The number of hydroxylamine groups is 2. The minimum absolute atomic E-state index is 0.00476. The molecule has 0 atom stereocenters. The maximum atomic E-state index is 12.0. The Morgan fingerprint density at radius 3 is 2.39 bits per heavy atom. The second-order valence-corrected chi connectivity index (χ2v) is 4.94. The van der Waals surface area contributed by atoms with E-state index in [0.717, 1.165) is 16.2 Å². The lowest BCUT2D eigenvalue weighted by atomic mass is 10.1. The Hall–Kier alpha value is -2.02. The van der Waals surface area contributed by atoms with Crippen LogP contribution in [0, 0.1) is 0 Å². The first-order valence-electron chi connectivity index (χ1n) is 7.03. The molecule has 0 unspecified atom stereocenters. The zero-order chi connectivity index (χ0) is 17.5. The molecule has 0 spiro atoms. The number of allylic oxidation sites excluding steroid dienone is 1. The molecule has 0 fully saturated rings. The van der Waals surface area contributed by atoms with E-state index in [1.165, 1.54) is 20.2 Å². The van der Waals surface area contributed by atoms with Crippen LogP contribution in [0.15, 0.2) is 30.3 Å². The lowest BCUT2D eigenvalue weighted by Gasteiger charge is -2.12. The summed E-state index contributed by atoms with van der Waals surface area (Å²) in [4.78, 5) is 16.5. The standard InChI is InChI=1S/C16H20F3NO3/c1-12(11-15(21)20(2)22-3)13-5-7-14(8-6-13)23-10-4-9-16(17,18)19/h5-8,11H,4,9-10H2,1-3H3/b12-11-. The molecule has 0 saturated heterocycles. The first-order valence-corrected chi connectivity index (χ1v) is 7.03. The van der Waals surface area contributed by atoms with Crippen LogP contribution in [-0.2, 0) is 9.63 Å². The fraction of sp³-hybridized carbons (Fsp3) is 0.438. The molecule has 0 saturated carbocycles. The molecule has 0 radical (unpaired) electrons. The summed E-state index contributed by atoms with van der Waals surface area (Å²) in [5.74, 6) is 0.196. The average molecular weight is 331 g/mol. The highest BCUT2D eigenvalue weighted by Crippen LogP contribution is 2.22. The highest BCUT2D eigenvalue weighted by atomic mass is 19.4. The molecule has 4 nitrogen and oxygen atoms in total. The SMILES string of the molecule is CON(C)C(=O)/C=C(/C)c1ccc(OCCCC(F)(F)F)cc1. The number of benzene rings is 1. The van der Waals surface area contributed by atoms with Gasteiger partial charge in [0.1, 0.15) is 5.75 Å². The van der Waals surface area contributed by atoms with Crippen molar-refractivity contribution in [2.45, 2.75) is 25.9 Å². The zero-order valence-electron chi connectivity index (χ0n) is 13.3. The number of hydrogen-bond acceptors (Lipinski definition) is 3. The summed E-state index contributed by atoms with van der Waals surface area (Å²) in [7, 11) is 2.90. The number of hydrogen-bond donors (Lipinski definition) is 0. The fourth-order valence-electron chi connectivity index (χ4n) is 1.73. The van der Waals surface area contributed by atoms with Gasteiger partial charge in [0, 0.05) is 19.5 Å². The summed E-state index contributed by atoms with van der Waals surface area (Å²) in [5.41, 5.74) is 1.55. The van der Waals surface area contributed by atoms with Crippen molar-refractivity contribution in [3.05, 3.63) is 35.9 Å². The van der Waals surface area contributed by atoms with Gasteiger partial charge < -0.3 is 4.74 Å². The fourth-order valence-corrected chi connectivity index (χ4v) is 1.73. The van der Waals surface area contributed by atoms with Gasteiger partial charge in [-0.25, -0.2) is 5.06 Å². The van der Waals surface area contributed by atoms with Crippen molar-refractivity contribution in [1.82, 2.24) is 5.06 Å². The first-order chi connectivity index (χ1) is 10.7. The van der Waals surface area contributed by atoms with Gasteiger partial charge in [0.05, 0.1) is 13.7 Å². The van der Waals surface area contributed by atoms with Crippen molar-refractivity contribution in [1.29, 1.82) is 0 Å². The molecule has 0 aliphatic rings. The van der Waals surface area contributed by atoms with Crippen LogP contribution in [0.25, 0.3) is 5.57 Å². The number of likely N-dealkylation sites (N-methyl/N-ethyl adjacent to an activating group) is 1. The van der Waals surface area contributed by atoms with E-state index in [1.54, 1.807) is 31.2 Å². The smallest absolute Gasteiger partial charge is 0.389 e. The number of halogens is 3. The molecule has 0 N–H and O–H groups in total. The van der Waals surface area contributed by atoms with Crippen molar-refractivity contribution in [3.8, 4) is 5.75 Å². The van der Waals surface area contributed by atoms with Crippen LogP contribution in [0.3, 0.4) is 0 Å². The van der Waals surface area contributed by atoms with E-state index in [9.17, 15) is 18.0 Å². The van der Waals surface area contributed by atoms with E-state index < -0.39 is 12.6 Å². The second-order valence-electron chi connectivity index (χ2n) is 4.94. The van der Waals surface area contributed by atoms with Crippen molar-refractivity contribution >= 4 is 11.5 Å². The molecule has 128 valence electrons. The topological polar surface area (TPSA) is 38.8 Å². The molecule has 0 aliphatic heterocycles. The van der Waals surface area contributed by atoms with Gasteiger partial charge in [-0.2, -0.15) is 13.2 Å². The van der Waals surface area contributed by atoms with Crippen LogP contribution in [0.5, 0.6) is 5.75 Å². The van der Waals surface area contributed by atoms with Crippen molar-refractivity contribution in [2.24, 2.45) is 0 Å². The number of amides is 1. The van der Waals surface area contributed by atoms with E-state index in [1.807, 2.05) is 0 Å². The minimum atomic E-state index is -4.16. The van der Waals surface area contributed by atoms with E-state index in [-0.39, 0.29) is 18.9 Å². The highest BCUT2D eigenvalue weighted by Gasteiger charge is 2.26. The minimum Gasteiger partial charge on any atom is -0.494 e. The Kier molecular flexibility index (Phi) is 7.09. The zero-order valence-corrected chi connectivity index (χ0v) is 13.3. The quantitative estimate of drug-likeness (QED) is 0.433. The number of nitrogens with zero attached hydrogens (tertiary/aromatic N) is 1. The average Bonchev–Trinajstić information content (AvgIpc) is 2.50. The molecule has 1 aromatic carbocycles. The Bertz CT molecular complexity index is 538. The maximum Gasteiger partial charge on any atom is 0.389 e. The van der Waals surface area contributed by atoms with E-state index in [0.29, 0.717) is 5.75 Å². The molecule has 7 heteroatoms. The molecule has 23 heavy (non-hydrogen) atoms. The Labute approximate surface area is 133 Å². The summed E-state index contributed by atoms with van der Waals surface area (Å²) < 4.78 is 41.3.